The molecule has 0 nitrogen and oxygen atoms in total. The summed E-state index contributed by atoms with van der Waals surface area (Å²) in [5.41, 5.74) is 0. The summed E-state index contributed by atoms with van der Waals surface area (Å²) < 4.78 is 19.5. The van der Waals surface area contributed by atoms with Crippen LogP contribution in [-0.2, 0) is 20.2 Å². The number of rotatable bonds is 0. The van der Waals surface area contributed by atoms with Crippen LogP contribution < -0.4 is 0 Å². The fourth-order valence-electron chi connectivity index (χ4n) is 2.26. The van der Waals surface area contributed by atoms with Gasteiger partial charge in [0.1, 0.15) is 0 Å². The van der Waals surface area contributed by atoms with Crippen LogP contribution in [0.3, 0.4) is 0 Å². The van der Waals surface area contributed by atoms with Crippen LogP contribution in [0.4, 0.5) is 6.18 Å². The molecule has 0 radical (unpaired) electrons. The third kappa shape index (κ3) is 10.8. The summed E-state index contributed by atoms with van der Waals surface area (Å²) in [6, 6.07) is 0. The van der Waals surface area contributed by atoms with E-state index in [1.807, 2.05) is 0 Å². The molecule has 0 amide bonds. The molecular formula is C12H24F2Ti. The van der Waals surface area contributed by atoms with E-state index in [1.54, 1.807) is 0 Å². The van der Waals surface area contributed by atoms with Crippen LogP contribution in [-0.4, -0.2) is 0 Å². The molecule has 2 rings (SSSR count). The van der Waals surface area contributed by atoms with E-state index in [0.717, 1.165) is 11.8 Å². The molecule has 2 fully saturated rings. The minimum absolute atomic E-state index is 1.05. The third-order valence-corrected chi connectivity index (χ3v) is 3.29. The van der Waals surface area contributed by atoms with Crippen LogP contribution in [0.5, 0.6) is 0 Å². The predicted octanol–water partition coefficient (Wildman–Crippen LogP) is 5.23. The Morgan fingerprint density at radius 1 is 0.733 bits per heavy atom. The van der Waals surface area contributed by atoms with Crippen molar-refractivity contribution >= 4 is 0 Å². The molecule has 90 valence electrons. The van der Waals surface area contributed by atoms with Crippen LogP contribution in [0.1, 0.15) is 65.2 Å². The van der Waals surface area contributed by atoms with E-state index in [9.17, 15) is 6.18 Å². The summed E-state index contributed by atoms with van der Waals surface area (Å²) >= 11 is -2.50. The second kappa shape index (κ2) is 11.1. The Morgan fingerprint density at radius 3 is 1.00 bits per heavy atom. The maximum atomic E-state index is 9.75. The van der Waals surface area contributed by atoms with Crippen molar-refractivity contribution in [3.05, 3.63) is 0 Å². The van der Waals surface area contributed by atoms with E-state index in [2.05, 4.69) is 13.8 Å². The van der Waals surface area contributed by atoms with Crippen LogP contribution in [0.25, 0.3) is 0 Å². The van der Waals surface area contributed by atoms with Gasteiger partial charge in [-0.05, 0) is 11.8 Å². The molecule has 3 heteroatoms. The summed E-state index contributed by atoms with van der Waals surface area (Å²) in [7, 11) is 0. The van der Waals surface area contributed by atoms with Gasteiger partial charge in [-0.15, -0.1) is 0 Å². The Balaban J connectivity index is 0.000000210. The van der Waals surface area contributed by atoms with Gasteiger partial charge in [0, 0.05) is 0 Å². The van der Waals surface area contributed by atoms with Crippen molar-refractivity contribution in [2.24, 2.45) is 11.8 Å². The SMILES string of the molecule is CC1CCCC1.CC1CCCC1.[F][Ti][F]. The van der Waals surface area contributed by atoms with E-state index >= 15 is 0 Å². The molecule has 2 aliphatic carbocycles. The van der Waals surface area contributed by atoms with Crippen molar-refractivity contribution < 1.29 is 26.4 Å². The molecule has 2 aliphatic rings. The van der Waals surface area contributed by atoms with Gasteiger partial charge >= 0.3 is 26.4 Å². The molecule has 0 unspecified atom stereocenters. The van der Waals surface area contributed by atoms with Crippen LogP contribution >= 0.6 is 0 Å². The first-order valence-corrected chi connectivity index (χ1v) is 7.35. The Kier molecular flexibility index (Phi) is 11.5. The van der Waals surface area contributed by atoms with Crippen molar-refractivity contribution in [2.45, 2.75) is 65.2 Å². The van der Waals surface area contributed by atoms with Crippen LogP contribution in [0.2, 0.25) is 0 Å². The molecule has 2 saturated carbocycles. The average Bonchev–Trinajstić information content (AvgIpc) is 2.81. The predicted molar refractivity (Wildman–Crippen MR) is 57.5 cm³/mol. The topological polar surface area (TPSA) is 0 Å². The quantitative estimate of drug-likeness (QED) is 0.519. The van der Waals surface area contributed by atoms with E-state index in [1.165, 1.54) is 51.4 Å². The molecule has 0 spiro atoms. The number of hydrogen-bond acceptors (Lipinski definition) is 0. The van der Waals surface area contributed by atoms with Crippen molar-refractivity contribution in [2.75, 3.05) is 0 Å². The monoisotopic (exact) mass is 254 g/mol. The zero-order chi connectivity index (χ0) is 11.5. The molecule has 0 atom stereocenters. The molecule has 15 heavy (non-hydrogen) atoms. The van der Waals surface area contributed by atoms with Gasteiger partial charge in [-0.2, -0.15) is 0 Å². The maximum absolute atomic E-state index is 9.75. The Bertz CT molecular complexity index is 105. The molecule has 0 bridgehead atoms. The summed E-state index contributed by atoms with van der Waals surface area (Å²) in [6.07, 6.45) is 11.9. The zero-order valence-electron chi connectivity index (χ0n) is 10.1. The zero-order valence-corrected chi connectivity index (χ0v) is 11.6. The van der Waals surface area contributed by atoms with E-state index in [4.69, 9.17) is 0 Å². The number of hydrogen-bond donors (Lipinski definition) is 0. The summed E-state index contributed by atoms with van der Waals surface area (Å²) in [5.74, 6) is 2.09. The van der Waals surface area contributed by atoms with Crippen LogP contribution in [0, 0.1) is 11.8 Å². The second-order valence-electron chi connectivity index (χ2n) is 4.85. The van der Waals surface area contributed by atoms with Gasteiger partial charge in [0.25, 0.3) is 0 Å². The molecular weight excluding hydrogens is 230 g/mol. The molecule has 0 aromatic carbocycles. The van der Waals surface area contributed by atoms with E-state index < -0.39 is 20.2 Å². The van der Waals surface area contributed by atoms with Gasteiger partial charge in [-0.1, -0.05) is 65.2 Å². The Labute approximate surface area is 103 Å². The Hall–Kier alpha value is 0.574. The van der Waals surface area contributed by atoms with Crippen molar-refractivity contribution in [3.8, 4) is 0 Å². The third-order valence-electron chi connectivity index (χ3n) is 3.29. The van der Waals surface area contributed by atoms with Crippen LogP contribution in [0.15, 0.2) is 0 Å². The molecule has 0 aliphatic heterocycles. The normalized spacial score (nSPS) is 21.3. The molecule has 0 aromatic rings. The summed E-state index contributed by atoms with van der Waals surface area (Å²) in [5, 5.41) is 0. The van der Waals surface area contributed by atoms with Gasteiger partial charge in [0.05, 0.1) is 0 Å². The first-order chi connectivity index (χ1) is 7.20. The fraction of sp³-hybridized carbons (Fsp3) is 1.00. The van der Waals surface area contributed by atoms with Crippen molar-refractivity contribution in [3.63, 3.8) is 0 Å². The molecule has 0 aromatic heterocycles. The van der Waals surface area contributed by atoms with Crippen molar-refractivity contribution in [1.82, 2.24) is 0 Å². The van der Waals surface area contributed by atoms with Gasteiger partial charge in [0.15, 0.2) is 0 Å². The average molecular weight is 254 g/mol. The first kappa shape index (κ1) is 15.6. The van der Waals surface area contributed by atoms with Gasteiger partial charge < -0.3 is 0 Å². The van der Waals surface area contributed by atoms with Gasteiger partial charge in [-0.3, -0.25) is 0 Å². The molecule has 0 saturated heterocycles. The molecule has 0 N–H and O–H groups in total. The first-order valence-electron chi connectivity index (χ1n) is 6.17. The van der Waals surface area contributed by atoms with Gasteiger partial charge in [-0.25, -0.2) is 0 Å². The van der Waals surface area contributed by atoms with E-state index in [0.29, 0.717) is 0 Å². The van der Waals surface area contributed by atoms with E-state index in [-0.39, 0.29) is 0 Å². The number of halogens is 2. The molecule has 0 heterocycles. The standard InChI is InChI=1S/2C6H12.2FH.Ti/c2*1-6-4-2-3-5-6;;;/h2*6H,2-5H2,1H3;2*1H;/q;;;;+2/p-2. The summed E-state index contributed by atoms with van der Waals surface area (Å²) in [4.78, 5) is 0. The minimum atomic E-state index is -2.50. The van der Waals surface area contributed by atoms with Gasteiger partial charge in [0.2, 0.25) is 0 Å². The van der Waals surface area contributed by atoms with Crippen molar-refractivity contribution in [1.29, 1.82) is 0 Å². The summed E-state index contributed by atoms with van der Waals surface area (Å²) in [6.45, 7) is 4.68. The Morgan fingerprint density at radius 2 is 0.933 bits per heavy atom. The second-order valence-corrected chi connectivity index (χ2v) is 5.07. The fourth-order valence-corrected chi connectivity index (χ4v) is 2.26.